The molecule has 35 heavy (non-hydrogen) atoms. The number of rotatable bonds is 7. The van der Waals surface area contributed by atoms with Gasteiger partial charge in [-0.2, -0.15) is 0 Å². The van der Waals surface area contributed by atoms with Crippen molar-refractivity contribution in [3.05, 3.63) is 63.4 Å². The molecule has 1 aliphatic carbocycles. The first-order chi connectivity index (χ1) is 16.9. The lowest BCUT2D eigenvalue weighted by molar-refractivity contribution is -0.122. The summed E-state index contributed by atoms with van der Waals surface area (Å²) in [5.41, 5.74) is 2.35. The molecule has 0 spiro atoms. The third-order valence-corrected chi connectivity index (χ3v) is 7.47. The van der Waals surface area contributed by atoms with Crippen molar-refractivity contribution < 1.29 is 4.79 Å². The van der Waals surface area contributed by atoms with Crippen LogP contribution in [-0.2, 0) is 11.3 Å². The predicted molar refractivity (Wildman–Crippen MR) is 141 cm³/mol. The van der Waals surface area contributed by atoms with E-state index in [0.717, 1.165) is 5.92 Å². The summed E-state index contributed by atoms with van der Waals surface area (Å²) in [7, 11) is 0. The zero-order valence-corrected chi connectivity index (χ0v) is 21.2. The molecule has 0 atom stereocenters. The van der Waals surface area contributed by atoms with Crippen LogP contribution in [0.5, 0.6) is 0 Å². The van der Waals surface area contributed by atoms with Crippen LogP contribution >= 0.6 is 11.6 Å². The largest absolute Gasteiger partial charge is 0.352 e. The highest BCUT2D eigenvalue weighted by molar-refractivity contribution is 6.30. The zero-order valence-electron chi connectivity index (χ0n) is 20.5. The van der Waals surface area contributed by atoms with Gasteiger partial charge in [-0.05, 0) is 94.3 Å². The molecule has 1 N–H and O–H groups in total. The third-order valence-electron chi connectivity index (χ3n) is 7.23. The standard InChI is InChI=1S/C28H33ClN4O2/c1-18(2)30-26(34)17-33-27(21-6-5-7-23(29)14-21)31-25-9-8-20(15-24(25)28(33)35)22-12-19(13-22)16-32-10-3-4-11-32/h5-9,14-15,18-19,22H,3-4,10-13,16-17H2,1-2H3,(H,30,34). The van der Waals surface area contributed by atoms with E-state index < -0.39 is 0 Å². The number of hydrogen-bond acceptors (Lipinski definition) is 4. The maximum absolute atomic E-state index is 13.7. The van der Waals surface area contributed by atoms with Gasteiger partial charge in [0.15, 0.2) is 0 Å². The van der Waals surface area contributed by atoms with E-state index in [2.05, 4.69) is 16.3 Å². The molecule has 2 aliphatic rings. The third kappa shape index (κ3) is 5.29. The van der Waals surface area contributed by atoms with E-state index in [1.165, 1.54) is 55.4 Å². The molecule has 0 radical (unpaired) electrons. The van der Waals surface area contributed by atoms with Gasteiger partial charge in [0.05, 0.1) is 10.9 Å². The van der Waals surface area contributed by atoms with Crippen molar-refractivity contribution >= 4 is 28.4 Å². The maximum Gasteiger partial charge on any atom is 0.262 e. The molecular formula is C28H33ClN4O2. The Kier molecular flexibility index (Phi) is 6.94. The summed E-state index contributed by atoms with van der Waals surface area (Å²) in [4.78, 5) is 33.8. The Bertz CT molecular complexity index is 1290. The average molecular weight is 493 g/mol. The van der Waals surface area contributed by atoms with Crippen LogP contribution < -0.4 is 10.9 Å². The van der Waals surface area contributed by atoms with Gasteiger partial charge in [0, 0.05) is 23.2 Å². The van der Waals surface area contributed by atoms with Gasteiger partial charge in [0.1, 0.15) is 12.4 Å². The van der Waals surface area contributed by atoms with Gasteiger partial charge in [-0.15, -0.1) is 0 Å². The van der Waals surface area contributed by atoms with E-state index in [0.29, 0.717) is 33.2 Å². The summed E-state index contributed by atoms with van der Waals surface area (Å²) in [6.07, 6.45) is 4.99. The van der Waals surface area contributed by atoms with E-state index in [4.69, 9.17) is 16.6 Å². The maximum atomic E-state index is 13.7. The van der Waals surface area contributed by atoms with Gasteiger partial charge in [-0.1, -0.05) is 29.8 Å². The minimum absolute atomic E-state index is 0.0139. The van der Waals surface area contributed by atoms with Gasteiger partial charge < -0.3 is 10.2 Å². The second-order valence-corrected chi connectivity index (χ2v) is 10.8. The smallest absolute Gasteiger partial charge is 0.262 e. The van der Waals surface area contributed by atoms with Gasteiger partial charge in [0.25, 0.3) is 5.56 Å². The summed E-state index contributed by atoms with van der Waals surface area (Å²) < 4.78 is 1.48. The van der Waals surface area contributed by atoms with E-state index in [9.17, 15) is 9.59 Å². The molecule has 184 valence electrons. The molecule has 3 aromatic rings. The predicted octanol–water partition coefficient (Wildman–Crippen LogP) is 4.83. The average Bonchev–Trinajstić information content (AvgIpc) is 3.30. The van der Waals surface area contributed by atoms with Crippen LogP contribution in [0, 0.1) is 5.92 Å². The molecule has 7 heteroatoms. The summed E-state index contributed by atoms with van der Waals surface area (Å²) >= 11 is 6.23. The van der Waals surface area contributed by atoms with Gasteiger partial charge in [0.2, 0.25) is 5.91 Å². The van der Waals surface area contributed by atoms with E-state index in [-0.39, 0.29) is 24.1 Å². The van der Waals surface area contributed by atoms with Crippen molar-refractivity contribution in [2.24, 2.45) is 5.92 Å². The van der Waals surface area contributed by atoms with Crippen molar-refractivity contribution in [2.75, 3.05) is 19.6 Å². The van der Waals surface area contributed by atoms with Crippen molar-refractivity contribution in [1.82, 2.24) is 19.8 Å². The Morgan fingerprint density at radius 2 is 1.91 bits per heavy atom. The quantitative estimate of drug-likeness (QED) is 0.513. The van der Waals surface area contributed by atoms with Crippen LogP contribution in [0.15, 0.2) is 47.3 Å². The zero-order chi connectivity index (χ0) is 24.5. The van der Waals surface area contributed by atoms with Crippen LogP contribution in [0.3, 0.4) is 0 Å². The molecule has 0 bridgehead atoms. The fourth-order valence-corrected chi connectivity index (χ4v) is 5.68. The fraction of sp³-hybridized carbons (Fsp3) is 0.464. The van der Waals surface area contributed by atoms with Crippen LogP contribution in [0.4, 0.5) is 0 Å². The Balaban J connectivity index is 1.47. The van der Waals surface area contributed by atoms with Crippen molar-refractivity contribution in [3.8, 4) is 11.4 Å². The number of benzene rings is 2. The van der Waals surface area contributed by atoms with Gasteiger partial charge in [-0.3, -0.25) is 14.2 Å². The molecule has 1 aromatic heterocycles. The summed E-state index contributed by atoms with van der Waals surface area (Å²) in [5.74, 6) is 1.46. The molecule has 1 aliphatic heterocycles. The molecule has 1 saturated carbocycles. The highest BCUT2D eigenvalue weighted by Gasteiger charge is 2.32. The molecule has 5 rings (SSSR count). The number of nitrogens with one attached hydrogen (secondary N) is 1. The molecule has 2 aromatic carbocycles. The number of carbonyl (C=O) groups excluding carboxylic acids is 1. The molecule has 0 unspecified atom stereocenters. The Hall–Kier alpha value is -2.70. The second kappa shape index (κ2) is 10.1. The number of hydrogen-bond donors (Lipinski definition) is 1. The van der Waals surface area contributed by atoms with Crippen LogP contribution in [-0.4, -0.2) is 46.0 Å². The topological polar surface area (TPSA) is 67.2 Å². The van der Waals surface area contributed by atoms with Crippen LogP contribution in [0.1, 0.15) is 51.0 Å². The van der Waals surface area contributed by atoms with Gasteiger partial charge in [-0.25, -0.2) is 4.98 Å². The van der Waals surface area contributed by atoms with Crippen LogP contribution in [0.25, 0.3) is 22.3 Å². The Labute approximate surface area is 211 Å². The van der Waals surface area contributed by atoms with E-state index in [1.54, 1.807) is 12.1 Å². The SMILES string of the molecule is CC(C)NC(=O)Cn1c(-c2cccc(Cl)c2)nc2ccc(C3CC(CN4CCCC4)C3)cc2c1=O. The molecule has 1 saturated heterocycles. The van der Waals surface area contributed by atoms with Crippen LogP contribution in [0.2, 0.25) is 5.02 Å². The minimum atomic E-state index is -0.216. The number of likely N-dealkylation sites (tertiary alicyclic amines) is 1. The fourth-order valence-electron chi connectivity index (χ4n) is 5.49. The lowest BCUT2D eigenvalue weighted by atomic mass is 9.71. The number of nitrogens with zero attached hydrogens (tertiary/aromatic N) is 3. The summed E-state index contributed by atoms with van der Waals surface area (Å²) in [5, 5.41) is 4.00. The summed E-state index contributed by atoms with van der Waals surface area (Å²) in [6.45, 7) is 7.39. The van der Waals surface area contributed by atoms with Gasteiger partial charge >= 0.3 is 0 Å². The summed E-state index contributed by atoms with van der Waals surface area (Å²) in [6, 6.07) is 13.3. The van der Waals surface area contributed by atoms with Crippen molar-refractivity contribution in [3.63, 3.8) is 0 Å². The normalized spacial score (nSPS) is 20.3. The lowest BCUT2D eigenvalue weighted by Crippen LogP contribution is -2.37. The molecule has 2 fully saturated rings. The number of fused-ring (bicyclic) bond motifs is 1. The number of carbonyl (C=O) groups is 1. The molecular weight excluding hydrogens is 460 g/mol. The first-order valence-corrected chi connectivity index (χ1v) is 13.1. The Morgan fingerprint density at radius 3 is 2.63 bits per heavy atom. The Morgan fingerprint density at radius 1 is 1.14 bits per heavy atom. The van der Waals surface area contributed by atoms with Crippen molar-refractivity contribution in [1.29, 1.82) is 0 Å². The monoisotopic (exact) mass is 492 g/mol. The number of halogens is 1. The first kappa shape index (κ1) is 24.0. The second-order valence-electron chi connectivity index (χ2n) is 10.4. The highest BCUT2D eigenvalue weighted by atomic mass is 35.5. The highest BCUT2D eigenvalue weighted by Crippen LogP contribution is 2.42. The lowest BCUT2D eigenvalue weighted by Gasteiger charge is -2.38. The van der Waals surface area contributed by atoms with E-state index in [1.807, 2.05) is 38.1 Å². The molecule has 1 amide bonds. The van der Waals surface area contributed by atoms with Crippen molar-refractivity contribution in [2.45, 2.75) is 58.0 Å². The van der Waals surface area contributed by atoms with E-state index >= 15 is 0 Å². The number of amides is 1. The first-order valence-electron chi connectivity index (χ1n) is 12.7. The molecule has 6 nitrogen and oxygen atoms in total. The number of aromatic nitrogens is 2. The minimum Gasteiger partial charge on any atom is -0.352 e. The molecule has 2 heterocycles.